The minimum Gasteiger partial charge on any atom is -0.494 e. The number of nitrogens with zero attached hydrogens (tertiary/aromatic N) is 3. The summed E-state index contributed by atoms with van der Waals surface area (Å²) in [6, 6.07) is 8.38. The number of fused-ring (bicyclic) bond motifs is 1. The van der Waals surface area contributed by atoms with E-state index in [1.165, 1.54) is 5.56 Å². The van der Waals surface area contributed by atoms with Gasteiger partial charge >= 0.3 is 0 Å². The molecule has 3 aromatic rings. The fraction of sp³-hybridized carbons (Fsp3) is 0.500. The van der Waals surface area contributed by atoms with Crippen LogP contribution in [0.25, 0.3) is 10.2 Å². The first-order valence-electron chi connectivity index (χ1n) is 11.9. The number of ether oxygens (including phenoxy) is 1. The van der Waals surface area contributed by atoms with Gasteiger partial charge in [-0.2, -0.15) is 0 Å². The second-order valence-corrected chi connectivity index (χ2v) is 10.1. The zero-order chi connectivity index (χ0) is 23.4. The summed E-state index contributed by atoms with van der Waals surface area (Å²) in [6.07, 6.45) is 6.22. The number of rotatable bonds is 8. The van der Waals surface area contributed by atoms with Crippen molar-refractivity contribution in [3.05, 3.63) is 57.0 Å². The van der Waals surface area contributed by atoms with E-state index in [0.29, 0.717) is 30.9 Å². The molecule has 1 aromatic carbocycles. The molecule has 176 valence electrons. The summed E-state index contributed by atoms with van der Waals surface area (Å²) in [5.41, 5.74) is 2.30. The van der Waals surface area contributed by atoms with Crippen molar-refractivity contribution < 1.29 is 9.53 Å². The summed E-state index contributed by atoms with van der Waals surface area (Å²) < 4.78 is 7.10. The van der Waals surface area contributed by atoms with Crippen LogP contribution in [0.5, 0.6) is 5.75 Å². The van der Waals surface area contributed by atoms with E-state index < -0.39 is 0 Å². The lowest BCUT2D eigenvalue weighted by molar-refractivity contribution is -0.132. The van der Waals surface area contributed by atoms with E-state index in [-0.39, 0.29) is 11.5 Å². The molecular weight excluding hydrogens is 434 g/mol. The first-order chi connectivity index (χ1) is 16.0. The number of carbonyl (C=O) groups is 1. The highest BCUT2D eigenvalue weighted by Gasteiger charge is 2.23. The van der Waals surface area contributed by atoms with Crippen molar-refractivity contribution in [3.63, 3.8) is 0 Å². The Balaban J connectivity index is 1.24. The van der Waals surface area contributed by atoms with Crippen LogP contribution in [0.3, 0.4) is 0 Å². The van der Waals surface area contributed by atoms with Gasteiger partial charge in [0, 0.05) is 30.9 Å². The molecule has 1 amide bonds. The molecule has 6 nitrogen and oxygen atoms in total. The molecule has 0 spiro atoms. The molecule has 4 rings (SSSR count). The van der Waals surface area contributed by atoms with Crippen LogP contribution in [0, 0.1) is 19.8 Å². The average molecular weight is 468 g/mol. The smallest absolute Gasteiger partial charge is 0.262 e. The minimum absolute atomic E-state index is 0.0392. The van der Waals surface area contributed by atoms with Gasteiger partial charge in [-0.1, -0.05) is 12.1 Å². The Morgan fingerprint density at radius 1 is 1.18 bits per heavy atom. The van der Waals surface area contributed by atoms with Crippen molar-refractivity contribution in [2.24, 2.45) is 5.92 Å². The SMILES string of the molecule is CCOc1ccc(CCC2CCN(C(=O)CCn3cnc4sc(C)c(C)c4c3=O)CC2)cc1. The largest absolute Gasteiger partial charge is 0.494 e. The van der Waals surface area contributed by atoms with Crippen LogP contribution in [-0.2, 0) is 17.8 Å². The lowest BCUT2D eigenvalue weighted by atomic mass is 9.90. The summed E-state index contributed by atoms with van der Waals surface area (Å²) in [6.45, 7) is 8.65. The summed E-state index contributed by atoms with van der Waals surface area (Å²) in [5, 5.41) is 0.695. The summed E-state index contributed by atoms with van der Waals surface area (Å²) in [7, 11) is 0. The molecular formula is C26H33N3O3S. The normalized spacial score (nSPS) is 14.7. The quantitative estimate of drug-likeness (QED) is 0.480. The molecule has 1 aliphatic heterocycles. The van der Waals surface area contributed by atoms with Crippen LogP contribution in [-0.4, -0.2) is 40.1 Å². The number of benzene rings is 1. The molecule has 0 saturated carbocycles. The Morgan fingerprint density at radius 3 is 2.61 bits per heavy atom. The molecule has 0 bridgehead atoms. The number of likely N-dealkylation sites (tertiary alicyclic amines) is 1. The Labute approximate surface area is 199 Å². The van der Waals surface area contributed by atoms with Crippen LogP contribution >= 0.6 is 11.3 Å². The summed E-state index contributed by atoms with van der Waals surface area (Å²) in [4.78, 5) is 33.9. The first kappa shape index (κ1) is 23.5. The van der Waals surface area contributed by atoms with E-state index in [1.54, 1.807) is 22.2 Å². The molecule has 0 unspecified atom stereocenters. The molecule has 1 saturated heterocycles. The van der Waals surface area contributed by atoms with Crippen molar-refractivity contribution in [3.8, 4) is 5.75 Å². The number of aromatic nitrogens is 2. The lowest BCUT2D eigenvalue weighted by Gasteiger charge is -2.32. The number of hydrogen-bond donors (Lipinski definition) is 0. The van der Waals surface area contributed by atoms with Gasteiger partial charge in [0.05, 0.1) is 18.3 Å². The van der Waals surface area contributed by atoms with Crippen LogP contribution in [0.15, 0.2) is 35.4 Å². The average Bonchev–Trinajstić information content (AvgIpc) is 3.12. The number of carbonyl (C=O) groups excluding carboxylic acids is 1. The Morgan fingerprint density at radius 2 is 1.91 bits per heavy atom. The van der Waals surface area contributed by atoms with Crippen molar-refractivity contribution >= 4 is 27.5 Å². The molecule has 2 aromatic heterocycles. The van der Waals surface area contributed by atoms with E-state index in [4.69, 9.17) is 4.74 Å². The molecule has 0 atom stereocenters. The van der Waals surface area contributed by atoms with Gasteiger partial charge in [-0.15, -0.1) is 11.3 Å². The third-order valence-corrected chi connectivity index (χ3v) is 7.88. The highest BCUT2D eigenvalue weighted by atomic mass is 32.1. The predicted molar refractivity (Wildman–Crippen MR) is 133 cm³/mol. The van der Waals surface area contributed by atoms with E-state index >= 15 is 0 Å². The predicted octanol–water partition coefficient (Wildman–Crippen LogP) is 4.74. The number of aryl methyl sites for hydroxylation is 4. The Hall–Kier alpha value is -2.67. The zero-order valence-corrected chi connectivity index (χ0v) is 20.6. The molecule has 3 heterocycles. The monoisotopic (exact) mass is 467 g/mol. The fourth-order valence-electron chi connectivity index (χ4n) is 4.56. The van der Waals surface area contributed by atoms with Crippen LogP contribution < -0.4 is 10.3 Å². The number of thiophene rings is 1. The Bertz CT molecular complexity index is 1160. The van der Waals surface area contributed by atoms with Crippen LogP contribution in [0.1, 0.15) is 48.6 Å². The van der Waals surface area contributed by atoms with Gasteiger partial charge in [0.25, 0.3) is 5.56 Å². The standard InChI is InChI=1S/C26H33N3O3S/c1-4-32-22-9-7-20(8-10-22)5-6-21-11-14-28(15-12-21)23(30)13-16-29-17-27-25-24(26(29)31)18(2)19(3)33-25/h7-10,17,21H,4-6,11-16H2,1-3H3. The van der Waals surface area contributed by atoms with Crippen molar-refractivity contribution in [1.29, 1.82) is 0 Å². The molecule has 7 heteroatoms. The van der Waals surface area contributed by atoms with Gasteiger partial charge in [-0.3, -0.25) is 14.2 Å². The maximum absolute atomic E-state index is 12.8. The van der Waals surface area contributed by atoms with Gasteiger partial charge in [0.2, 0.25) is 5.91 Å². The van der Waals surface area contributed by atoms with Crippen LogP contribution in [0.4, 0.5) is 0 Å². The van der Waals surface area contributed by atoms with Crippen molar-refractivity contribution in [1.82, 2.24) is 14.5 Å². The number of hydrogen-bond acceptors (Lipinski definition) is 5. The van der Waals surface area contributed by atoms with E-state index in [9.17, 15) is 9.59 Å². The highest BCUT2D eigenvalue weighted by Crippen LogP contribution is 2.26. The second kappa shape index (κ2) is 10.5. The minimum atomic E-state index is -0.0392. The first-order valence-corrected chi connectivity index (χ1v) is 12.7. The maximum Gasteiger partial charge on any atom is 0.262 e. The van der Waals surface area contributed by atoms with E-state index in [0.717, 1.165) is 59.8 Å². The highest BCUT2D eigenvalue weighted by molar-refractivity contribution is 7.18. The second-order valence-electron chi connectivity index (χ2n) is 8.90. The maximum atomic E-state index is 12.8. The number of piperidine rings is 1. The Kier molecular flexibility index (Phi) is 7.48. The fourth-order valence-corrected chi connectivity index (χ4v) is 5.55. The third kappa shape index (κ3) is 5.46. The third-order valence-electron chi connectivity index (χ3n) is 6.77. The molecule has 0 aliphatic carbocycles. The topological polar surface area (TPSA) is 64.4 Å². The summed E-state index contributed by atoms with van der Waals surface area (Å²) >= 11 is 1.55. The molecule has 33 heavy (non-hydrogen) atoms. The van der Waals surface area contributed by atoms with Gasteiger partial charge in [0.15, 0.2) is 0 Å². The van der Waals surface area contributed by atoms with Crippen molar-refractivity contribution in [2.45, 2.75) is 59.4 Å². The summed E-state index contributed by atoms with van der Waals surface area (Å²) in [5.74, 6) is 1.71. The molecule has 0 N–H and O–H groups in total. The lowest BCUT2D eigenvalue weighted by Crippen LogP contribution is -2.39. The van der Waals surface area contributed by atoms with Crippen LogP contribution in [0.2, 0.25) is 0 Å². The molecule has 0 radical (unpaired) electrons. The van der Waals surface area contributed by atoms with Crippen molar-refractivity contribution in [2.75, 3.05) is 19.7 Å². The van der Waals surface area contributed by atoms with Gasteiger partial charge < -0.3 is 9.64 Å². The number of amides is 1. The van der Waals surface area contributed by atoms with E-state index in [2.05, 4.69) is 17.1 Å². The van der Waals surface area contributed by atoms with Gasteiger partial charge in [0.1, 0.15) is 10.6 Å². The van der Waals surface area contributed by atoms with Gasteiger partial charge in [-0.05, 0) is 75.6 Å². The molecule has 1 aliphatic rings. The zero-order valence-electron chi connectivity index (χ0n) is 19.8. The van der Waals surface area contributed by atoms with Gasteiger partial charge in [-0.25, -0.2) is 4.98 Å². The molecule has 1 fully saturated rings. The van der Waals surface area contributed by atoms with E-state index in [1.807, 2.05) is 37.8 Å².